The number of nitrogens with one attached hydrogen (secondary N) is 1. The van der Waals surface area contributed by atoms with Crippen molar-refractivity contribution < 1.29 is 39.7 Å². The van der Waals surface area contributed by atoms with Crippen molar-refractivity contribution in [3.8, 4) is 11.1 Å². The number of thioether (sulfide) groups is 1. The number of carboxylic acids is 1. The van der Waals surface area contributed by atoms with E-state index in [0.29, 0.717) is 31.0 Å². The van der Waals surface area contributed by atoms with Crippen molar-refractivity contribution in [2.75, 3.05) is 12.0 Å². The van der Waals surface area contributed by atoms with Crippen LogP contribution in [0.5, 0.6) is 0 Å². The van der Waals surface area contributed by atoms with Gasteiger partial charge in [0.1, 0.15) is 6.04 Å². The Kier molecular flexibility index (Phi) is 11.1. The molecule has 0 aliphatic carbocycles. The Labute approximate surface area is 241 Å². The van der Waals surface area contributed by atoms with Gasteiger partial charge in [0.25, 0.3) is 5.91 Å². The van der Waals surface area contributed by atoms with Gasteiger partial charge in [0.2, 0.25) is 0 Å². The molecular weight excluding hydrogens is 489 g/mol. The fourth-order valence-corrected chi connectivity index (χ4v) is 4.79. The van der Waals surface area contributed by atoms with E-state index in [2.05, 4.69) is 35.6 Å². The van der Waals surface area contributed by atoms with Crippen LogP contribution in [0.3, 0.4) is 0 Å². The number of hydrogen-bond donors (Lipinski definition) is 2. The third-order valence-corrected chi connectivity index (χ3v) is 6.97. The largest absolute Gasteiger partial charge is 1.00 e. The summed E-state index contributed by atoms with van der Waals surface area (Å²) in [5.41, 5.74) is 5.20. The van der Waals surface area contributed by atoms with Crippen molar-refractivity contribution in [2.45, 2.75) is 32.6 Å². The van der Waals surface area contributed by atoms with Gasteiger partial charge in [-0.1, -0.05) is 66.7 Å². The maximum absolute atomic E-state index is 13.2. The summed E-state index contributed by atoms with van der Waals surface area (Å²) in [4.78, 5) is 24.9. The fourth-order valence-electron chi connectivity index (χ4n) is 4.32. The van der Waals surface area contributed by atoms with Crippen LogP contribution in [0, 0.1) is 6.92 Å². The number of fused-ring (bicyclic) bond motifs is 1. The molecule has 38 heavy (non-hydrogen) atoms. The number of carbonyl (C=O) groups is 2. The molecule has 0 saturated heterocycles. The molecule has 1 amide bonds. The van der Waals surface area contributed by atoms with E-state index in [9.17, 15) is 14.7 Å². The predicted octanol–water partition coefficient (Wildman–Crippen LogP) is 3.58. The molecule has 0 aliphatic rings. The van der Waals surface area contributed by atoms with Gasteiger partial charge >= 0.3 is 24.8 Å². The van der Waals surface area contributed by atoms with Gasteiger partial charge in [-0.25, -0.2) is 4.79 Å². The van der Waals surface area contributed by atoms with Crippen molar-refractivity contribution in [1.82, 2.24) is 5.32 Å². The van der Waals surface area contributed by atoms with Crippen molar-refractivity contribution >= 4 is 34.4 Å². The summed E-state index contributed by atoms with van der Waals surface area (Å²) in [6, 6.07) is 27.1. The molecule has 0 aliphatic heterocycles. The minimum atomic E-state index is -1.03. The first-order valence-corrected chi connectivity index (χ1v) is 13.6. The van der Waals surface area contributed by atoms with Crippen molar-refractivity contribution in [3.63, 3.8) is 0 Å². The number of ether oxygens (including phenoxy) is 1. The molecule has 192 valence electrons. The first kappa shape index (κ1) is 29.5. The van der Waals surface area contributed by atoms with Crippen LogP contribution in [0.25, 0.3) is 21.9 Å². The molecule has 5 nitrogen and oxygen atoms in total. The zero-order valence-corrected chi connectivity index (χ0v) is 22.9. The van der Waals surface area contributed by atoms with Gasteiger partial charge in [0, 0.05) is 5.56 Å². The van der Waals surface area contributed by atoms with Crippen molar-refractivity contribution in [1.29, 1.82) is 0 Å². The van der Waals surface area contributed by atoms with Gasteiger partial charge in [-0.15, -0.1) is 0 Å². The molecule has 0 fully saturated rings. The molecule has 1 atom stereocenters. The molecule has 4 rings (SSSR count). The monoisotopic (exact) mass is 521 g/mol. The van der Waals surface area contributed by atoms with Crippen molar-refractivity contribution in [2.24, 2.45) is 0 Å². The number of benzene rings is 4. The Balaban J connectivity index is 0.00000267. The molecule has 0 heterocycles. The number of rotatable bonds is 11. The summed E-state index contributed by atoms with van der Waals surface area (Å²) in [7, 11) is 0. The molecule has 4 aromatic rings. The van der Waals surface area contributed by atoms with Gasteiger partial charge in [0.05, 0.1) is 13.2 Å². The Morgan fingerprint density at radius 1 is 0.895 bits per heavy atom. The standard InChI is InChI=1S/C31H31NO4S.Li.H/c1-21-7-3-6-10-26(21)28-18-23(12-14-27(28)30(33)32-29(31(34)35)15-16-37-2)20-36-19-22-11-13-24-8-4-5-9-25(24)17-22;;/h3-14,17-18,29H,15-16,19-20H2,1-2H3,(H,32,33)(H,34,35);;/q;+1;-1/t29-;;/m0../s1. The van der Waals surface area contributed by atoms with E-state index >= 15 is 0 Å². The summed E-state index contributed by atoms with van der Waals surface area (Å²) in [5.74, 6) is -0.774. The third-order valence-electron chi connectivity index (χ3n) is 6.33. The van der Waals surface area contributed by atoms with E-state index < -0.39 is 17.9 Å². The van der Waals surface area contributed by atoms with E-state index in [0.717, 1.165) is 27.8 Å². The van der Waals surface area contributed by atoms with E-state index in [-0.39, 0.29) is 20.3 Å². The average molecular weight is 522 g/mol. The van der Waals surface area contributed by atoms with E-state index in [4.69, 9.17) is 4.74 Å². The number of carbonyl (C=O) groups excluding carboxylic acids is 1. The van der Waals surface area contributed by atoms with Gasteiger partial charge in [0.15, 0.2) is 0 Å². The first-order chi connectivity index (χ1) is 18.0. The molecule has 7 heteroatoms. The Bertz CT molecular complexity index is 1410. The van der Waals surface area contributed by atoms with Crippen LogP contribution in [-0.4, -0.2) is 35.0 Å². The van der Waals surface area contributed by atoms with Crippen LogP contribution in [0.1, 0.15) is 34.9 Å². The second kappa shape index (κ2) is 14.2. The Hall–Kier alpha value is -3.01. The van der Waals surface area contributed by atoms with Crippen LogP contribution < -0.4 is 24.2 Å². The smallest absolute Gasteiger partial charge is 1.00 e. The average Bonchev–Trinajstić information content (AvgIpc) is 2.91. The van der Waals surface area contributed by atoms with Crippen LogP contribution >= 0.6 is 11.8 Å². The predicted molar refractivity (Wildman–Crippen MR) is 152 cm³/mol. The maximum atomic E-state index is 13.2. The minimum Gasteiger partial charge on any atom is -1.00 e. The maximum Gasteiger partial charge on any atom is 1.00 e. The van der Waals surface area contributed by atoms with E-state index in [1.807, 2.05) is 61.7 Å². The van der Waals surface area contributed by atoms with Gasteiger partial charge in [-0.05, 0) is 82.1 Å². The minimum absolute atomic E-state index is 0. The van der Waals surface area contributed by atoms with Crippen LogP contribution in [-0.2, 0) is 22.7 Å². The van der Waals surface area contributed by atoms with Gasteiger partial charge in [-0.3, -0.25) is 4.79 Å². The quantitative estimate of drug-likeness (QED) is 0.295. The zero-order chi connectivity index (χ0) is 26.2. The number of aliphatic carboxylic acids is 1. The number of carboxylic acid groups (broad SMARTS) is 1. The summed E-state index contributed by atoms with van der Waals surface area (Å²) < 4.78 is 6.04. The number of hydrogen-bond acceptors (Lipinski definition) is 4. The Morgan fingerprint density at radius 2 is 1.55 bits per heavy atom. The molecule has 0 bridgehead atoms. The number of amides is 1. The van der Waals surface area contributed by atoms with E-state index in [1.165, 1.54) is 10.8 Å². The normalized spacial score (nSPS) is 11.5. The van der Waals surface area contributed by atoms with Gasteiger partial charge in [-0.2, -0.15) is 11.8 Å². The second-order valence-electron chi connectivity index (χ2n) is 9.01. The first-order valence-electron chi connectivity index (χ1n) is 12.2. The molecular formula is C31H32LiNO4S. The SMILES string of the molecule is CSCC[C@H](NC(=O)c1ccc(COCc2ccc3ccccc3c2)cc1-c1ccccc1C)C(=O)O.[H-].[Li+]. The van der Waals surface area contributed by atoms with Crippen LogP contribution in [0.4, 0.5) is 0 Å². The molecule has 0 spiro atoms. The summed E-state index contributed by atoms with van der Waals surface area (Å²) >= 11 is 1.55. The second-order valence-corrected chi connectivity index (χ2v) is 10.0. The summed E-state index contributed by atoms with van der Waals surface area (Å²) in [5, 5.41) is 14.7. The summed E-state index contributed by atoms with van der Waals surface area (Å²) in [6.45, 7) is 2.86. The molecule has 0 aromatic heterocycles. The topological polar surface area (TPSA) is 75.6 Å². The molecule has 0 radical (unpaired) electrons. The van der Waals surface area contributed by atoms with Gasteiger partial charge < -0.3 is 16.6 Å². The van der Waals surface area contributed by atoms with Crippen molar-refractivity contribution in [3.05, 3.63) is 107 Å². The zero-order valence-electron chi connectivity index (χ0n) is 23.1. The molecule has 2 N–H and O–H groups in total. The summed E-state index contributed by atoms with van der Waals surface area (Å²) in [6.07, 6.45) is 2.28. The van der Waals surface area contributed by atoms with E-state index in [1.54, 1.807) is 17.8 Å². The van der Waals surface area contributed by atoms with Crippen LogP contribution in [0.15, 0.2) is 84.9 Å². The fraction of sp³-hybridized carbons (Fsp3) is 0.226. The van der Waals surface area contributed by atoms with Crippen LogP contribution in [0.2, 0.25) is 0 Å². The number of aryl methyl sites for hydroxylation is 1. The molecule has 0 saturated carbocycles. The molecule has 4 aromatic carbocycles. The Morgan fingerprint density at radius 3 is 2.26 bits per heavy atom. The third kappa shape index (κ3) is 7.52. The molecule has 0 unspecified atom stereocenters.